The van der Waals surface area contributed by atoms with Gasteiger partial charge in [-0.15, -0.1) is 0 Å². The number of hydrogen-bond acceptors (Lipinski definition) is 5. The summed E-state index contributed by atoms with van der Waals surface area (Å²) in [5, 5.41) is 0. The molecule has 1 aromatic rings. The Morgan fingerprint density at radius 1 is 1.50 bits per heavy atom. The molecule has 1 aromatic heterocycles. The number of carbonyl (C=O) groups is 1. The molecule has 0 spiro atoms. The van der Waals surface area contributed by atoms with Crippen LogP contribution in [0.2, 0.25) is 0 Å². The third-order valence-electron chi connectivity index (χ3n) is 1.78. The van der Waals surface area contributed by atoms with Gasteiger partial charge < -0.3 is 15.2 Å². The molecule has 5 nitrogen and oxygen atoms in total. The van der Waals surface area contributed by atoms with E-state index in [2.05, 4.69) is 9.72 Å². The summed E-state index contributed by atoms with van der Waals surface area (Å²) in [6.45, 7) is 0. The van der Waals surface area contributed by atoms with Gasteiger partial charge in [-0.25, -0.2) is 4.98 Å². The van der Waals surface area contributed by atoms with Gasteiger partial charge >= 0.3 is 5.97 Å². The zero-order chi connectivity index (χ0) is 10.6. The lowest BCUT2D eigenvalue weighted by atomic mass is 10.1. The maximum absolute atomic E-state index is 11.1. The molecule has 0 aliphatic heterocycles. The monoisotopic (exact) mass is 196 g/mol. The Morgan fingerprint density at radius 2 is 2.21 bits per heavy atom. The Hall–Kier alpha value is -1.62. The van der Waals surface area contributed by atoms with Crippen molar-refractivity contribution in [1.82, 2.24) is 4.98 Å². The van der Waals surface area contributed by atoms with Gasteiger partial charge in [-0.1, -0.05) is 0 Å². The van der Waals surface area contributed by atoms with Crippen LogP contribution >= 0.6 is 0 Å². The van der Waals surface area contributed by atoms with E-state index in [1.165, 1.54) is 20.4 Å². The van der Waals surface area contributed by atoms with Crippen molar-refractivity contribution in [2.24, 2.45) is 5.73 Å². The highest BCUT2D eigenvalue weighted by Gasteiger charge is 2.16. The van der Waals surface area contributed by atoms with Crippen LogP contribution in [-0.2, 0) is 9.53 Å². The third-order valence-corrected chi connectivity index (χ3v) is 1.78. The van der Waals surface area contributed by atoms with E-state index >= 15 is 0 Å². The SMILES string of the molecule is COC(=O)[C@@H](N)c1ccc(OC)nc1. The van der Waals surface area contributed by atoms with Gasteiger partial charge in [0.25, 0.3) is 0 Å². The molecule has 0 amide bonds. The van der Waals surface area contributed by atoms with Crippen molar-refractivity contribution < 1.29 is 14.3 Å². The van der Waals surface area contributed by atoms with Crippen LogP contribution in [0.5, 0.6) is 5.88 Å². The lowest BCUT2D eigenvalue weighted by Crippen LogP contribution is -2.22. The molecule has 0 aromatic carbocycles. The number of nitrogens with zero attached hydrogens (tertiary/aromatic N) is 1. The van der Waals surface area contributed by atoms with Crippen LogP contribution in [0.15, 0.2) is 18.3 Å². The normalized spacial score (nSPS) is 11.9. The first-order valence-electron chi connectivity index (χ1n) is 4.02. The molecule has 1 heterocycles. The minimum atomic E-state index is -0.793. The van der Waals surface area contributed by atoms with E-state index < -0.39 is 12.0 Å². The Labute approximate surface area is 81.8 Å². The van der Waals surface area contributed by atoms with Gasteiger partial charge in [-0.3, -0.25) is 4.79 Å². The molecule has 5 heteroatoms. The molecule has 1 rings (SSSR count). The topological polar surface area (TPSA) is 74.4 Å². The van der Waals surface area contributed by atoms with Crippen LogP contribution in [0.3, 0.4) is 0 Å². The lowest BCUT2D eigenvalue weighted by Gasteiger charge is -2.08. The molecule has 1 atom stereocenters. The summed E-state index contributed by atoms with van der Waals surface area (Å²) in [4.78, 5) is 15.0. The third kappa shape index (κ3) is 2.20. The van der Waals surface area contributed by atoms with Crippen molar-refractivity contribution in [2.75, 3.05) is 14.2 Å². The van der Waals surface area contributed by atoms with Crippen molar-refractivity contribution in [3.63, 3.8) is 0 Å². The van der Waals surface area contributed by atoms with E-state index in [0.717, 1.165) is 0 Å². The molecule has 0 aliphatic rings. The number of carbonyl (C=O) groups excluding carboxylic acids is 1. The van der Waals surface area contributed by atoms with Gasteiger partial charge in [-0.2, -0.15) is 0 Å². The Balaban J connectivity index is 2.81. The maximum atomic E-state index is 11.1. The molecule has 0 unspecified atom stereocenters. The standard InChI is InChI=1S/C9H12N2O3/c1-13-7-4-3-6(5-11-7)8(10)9(12)14-2/h3-5,8H,10H2,1-2H3/t8-/m0/s1. The Kier molecular flexibility index (Phi) is 3.41. The molecule has 0 radical (unpaired) electrons. The van der Waals surface area contributed by atoms with Crippen molar-refractivity contribution in [3.05, 3.63) is 23.9 Å². The van der Waals surface area contributed by atoms with Gasteiger partial charge in [0.2, 0.25) is 5.88 Å². The number of pyridine rings is 1. The van der Waals surface area contributed by atoms with Crippen LogP contribution in [0.25, 0.3) is 0 Å². The van der Waals surface area contributed by atoms with Crippen molar-refractivity contribution >= 4 is 5.97 Å². The fourth-order valence-electron chi connectivity index (χ4n) is 0.960. The quantitative estimate of drug-likeness (QED) is 0.702. The molecule has 76 valence electrons. The number of rotatable bonds is 3. The van der Waals surface area contributed by atoms with E-state index in [1.54, 1.807) is 12.1 Å². The minimum absolute atomic E-state index is 0.478. The molecule has 0 bridgehead atoms. The van der Waals surface area contributed by atoms with Crippen LogP contribution < -0.4 is 10.5 Å². The molecule has 0 saturated heterocycles. The van der Waals surface area contributed by atoms with Gasteiger partial charge in [0, 0.05) is 12.3 Å². The first-order valence-corrected chi connectivity index (χ1v) is 4.02. The van der Waals surface area contributed by atoms with Crippen molar-refractivity contribution in [3.8, 4) is 5.88 Å². The summed E-state index contributed by atoms with van der Waals surface area (Å²) in [7, 11) is 2.81. The Morgan fingerprint density at radius 3 is 2.64 bits per heavy atom. The number of methoxy groups -OCH3 is 2. The summed E-state index contributed by atoms with van der Waals surface area (Å²) in [6, 6.07) is 2.52. The van der Waals surface area contributed by atoms with Crippen LogP contribution in [0.1, 0.15) is 11.6 Å². The second-order valence-corrected chi connectivity index (χ2v) is 2.63. The number of hydrogen-bond donors (Lipinski definition) is 1. The number of nitrogens with two attached hydrogens (primary N) is 1. The average molecular weight is 196 g/mol. The summed E-state index contributed by atoms with van der Waals surface area (Å²) in [5.74, 6) is -0.0113. The van der Waals surface area contributed by atoms with Gasteiger partial charge in [0.05, 0.1) is 14.2 Å². The smallest absolute Gasteiger partial charge is 0.327 e. The molecule has 0 saturated carbocycles. The predicted octanol–water partition coefficient (Wildman–Crippen LogP) is 0.263. The fraction of sp³-hybridized carbons (Fsp3) is 0.333. The van der Waals surface area contributed by atoms with E-state index in [-0.39, 0.29) is 0 Å². The van der Waals surface area contributed by atoms with E-state index in [0.29, 0.717) is 11.4 Å². The Bertz CT molecular complexity index is 310. The predicted molar refractivity (Wildman–Crippen MR) is 49.7 cm³/mol. The number of ether oxygens (including phenoxy) is 2. The van der Waals surface area contributed by atoms with E-state index in [9.17, 15) is 4.79 Å². The van der Waals surface area contributed by atoms with Gasteiger partial charge in [0.15, 0.2) is 0 Å². The van der Waals surface area contributed by atoms with Gasteiger partial charge in [0.1, 0.15) is 6.04 Å². The molecule has 0 aliphatic carbocycles. The highest BCUT2D eigenvalue weighted by atomic mass is 16.5. The second kappa shape index (κ2) is 4.57. The van der Waals surface area contributed by atoms with Gasteiger partial charge in [-0.05, 0) is 11.6 Å². The van der Waals surface area contributed by atoms with Crippen LogP contribution in [-0.4, -0.2) is 25.2 Å². The maximum Gasteiger partial charge on any atom is 0.327 e. The molecular weight excluding hydrogens is 184 g/mol. The summed E-state index contributed by atoms with van der Waals surface area (Å²) < 4.78 is 9.37. The van der Waals surface area contributed by atoms with Crippen molar-refractivity contribution in [2.45, 2.75) is 6.04 Å². The van der Waals surface area contributed by atoms with Crippen molar-refractivity contribution in [1.29, 1.82) is 0 Å². The first kappa shape index (κ1) is 10.5. The number of aromatic nitrogens is 1. The minimum Gasteiger partial charge on any atom is -0.481 e. The van der Waals surface area contributed by atoms with E-state index in [4.69, 9.17) is 10.5 Å². The molecule has 2 N–H and O–H groups in total. The lowest BCUT2D eigenvalue weighted by molar-refractivity contribution is -0.142. The largest absolute Gasteiger partial charge is 0.481 e. The highest BCUT2D eigenvalue weighted by Crippen LogP contribution is 2.13. The summed E-state index contributed by atoms with van der Waals surface area (Å²) >= 11 is 0. The van der Waals surface area contributed by atoms with E-state index in [1.807, 2.05) is 0 Å². The number of esters is 1. The molecule has 0 fully saturated rings. The summed E-state index contributed by atoms with van der Waals surface area (Å²) in [5.41, 5.74) is 6.18. The van der Waals surface area contributed by atoms with Crippen LogP contribution in [0, 0.1) is 0 Å². The fourth-order valence-corrected chi connectivity index (χ4v) is 0.960. The zero-order valence-electron chi connectivity index (χ0n) is 8.06. The second-order valence-electron chi connectivity index (χ2n) is 2.63. The highest BCUT2D eigenvalue weighted by molar-refractivity contribution is 5.77. The average Bonchev–Trinajstić information content (AvgIpc) is 2.27. The summed E-state index contributed by atoms with van der Waals surface area (Å²) in [6.07, 6.45) is 1.49. The molecule has 14 heavy (non-hydrogen) atoms. The van der Waals surface area contributed by atoms with Crippen LogP contribution in [0.4, 0.5) is 0 Å². The molecular formula is C9H12N2O3. The zero-order valence-corrected chi connectivity index (χ0v) is 8.06. The first-order chi connectivity index (χ1) is 6.69.